The third-order valence-electron chi connectivity index (χ3n) is 3.36. The van der Waals surface area contributed by atoms with Crippen LogP contribution in [-0.4, -0.2) is 32.2 Å². The number of amides is 1. The largest absolute Gasteiger partial charge is 0.328 e. The topological polar surface area (TPSA) is 50.2 Å². The molecule has 0 unspecified atom stereocenters. The molecule has 0 atom stereocenters. The number of thiocarbonyl (C=S) groups is 1. The van der Waals surface area contributed by atoms with Crippen LogP contribution in [0.25, 0.3) is 6.08 Å². The zero-order chi connectivity index (χ0) is 15.0. The van der Waals surface area contributed by atoms with Gasteiger partial charge in [0.1, 0.15) is 5.70 Å². The quantitative estimate of drug-likeness (QED) is 0.681. The van der Waals surface area contributed by atoms with E-state index in [1.54, 1.807) is 4.90 Å². The first-order valence-corrected chi connectivity index (χ1v) is 7.06. The summed E-state index contributed by atoms with van der Waals surface area (Å²) in [5, 5.41) is 7.83. The second kappa shape index (κ2) is 5.36. The maximum Gasteiger partial charge on any atom is 0.276 e. The van der Waals surface area contributed by atoms with E-state index >= 15 is 0 Å². The number of hydrogen-bond acceptors (Lipinski definition) is 3. The molecule has 2 rings (SSSR count). The SMILES string of the molecule is Cc1nn(C)c(C)c1/C=C1/NC(=S)N(CC(C)C)C1=O. The Morgan fingerprint density at radius 3 is 2.55 bits per heavy atom. The Morgan fingerprint density at radius 2 is 2.05 bits per heavy atom. The van der Waals surface area contributed by atoms with Crippen molar-refractivity contribution in [3.8, 4) is 0 Å². The van der Waals surface area contributed by atoms with Crippen molar-refractivity contribution in [2.45, 2.75) is 27.7 Å². The summed E-state index contributed by atoms with van der Waals surface area (Å²) in [6.45, 7) is 8.67. The molecule has 1 amide bonds. The summed E-state index contributed by atoms with van der Waals surface area (Å²) in [4.78, 5) is 14.0. The molecule has 1 saturated heterocycles. The van der Waals surface area contributed by atoms with Crippen LogP contribution < -0.4 is 5.32 Å². The lowest BCUT2D eigenvalue weighted by atomic mass is 10.1. The summed E-state index contributed by atoms with van der Waals surface area (Å²) < 4.78 is 1.81. The first-order valence-electron chi connectivity index (χ1n) is 6.66. The molecule has 1 N–H and O–H groups in total. The fourth-order valence-electron chi connectivity index (χ4n) is 2.25. The molecule has 1 aliphatic rings. The van der Waals surface area contributed by atoms with Crippen LogP contribution in [0.1, 0.15) is 30.8 Å². The third kappa shape index (κ3) is 2.60. The van der Waals surface area contributed by atoms with Gasteiger partial charge in [0, 0.05) is 24.8 Å². The van der Waals surface area contributed by atoms with Gasteiger partial charge in [-0.05, 0) is 38.1 Å². The van der Waals surface area contributed by atoms with Crippen molar-refractivity contribution < 1.29 is 4.79 Å². The van der Waals surface area contributed by atoms with Crippen LogP contribution in [0.5, 0.6) is 0 Å². The van der Waals surface area contributed by atoms with E-state index in [1.807, 2.05) is 31.7 Å². The maximum absolute atomic E-state index is 12.4. The molecule has 0 aliphatic carbocycles. The van der Waals surface area contributed by atoms with E-state index in [4.69, 9.17) is 12.2 Å². The molecule has 20 heavy (non-hydrogen) atoms. The maximum atomic E-state index is 12.4. The first kappa shape index (κ1) is 14.7. The Kier molecular flexibility index (Phi) is 3.94. The van der Waals surface area contributed by atoms with Gasteiger partial charge in [0.25, 0.3) is 5.91 Å². The van der Waals surface area contributed by atoms with Crippen LogP contribution in [-0.2, 0) is 11.8 Å². The first-order chi connectivity index (χ1) is 9.31. The van der Waals surface area contributed by atoms with Crippen molar-refractivity contribution in [3.05, 3.63) is 22.6 Å². The number of carbonyl (C=O) groups excluding carboxylic acids is 1. The Balaban J connectivity index is 2.32. The van der Waals surface area contributed by atoms with Crippen molar-refractivity contribution in [3.63, 3.8) is 0 Å². The van der Waals surface area contributed by atoms with E-state index in [0.717, 1.165) is 17.0 Å². The molecular weight excluding hydrogens is 272 g/mol. The predicted molar refractivity (Wildman–Crippen MR) is 82.9 cm³/mol. The minimum Gasteiger partial charge on any atom is -0.328 e. The normalized spacial score (nSPS) is 17.5. The number of hydrogen-bond donors (Lipinski definition) is 1. The summed E-state index contributed by atoms with van der Waals surface area (Å²) in [7, 11) is 1.89. The minimum absolute atomic E-state index is 0.0636. The van der Waals surface area contributed by atoms with E-state index in [1.165, 1.54) is 0 Å². The lowest BCUT2D eigenvalue weighted by molar-refractivity contribution is -0.122. The van der Waals surface area contributed by atoms with Gasteiger partial charge in [0.15, 0.2) is 5.11 Å². The number of carbonyl (C=O) groups is 1. The highest BCUT2D eigenvalue weighted by Gasteiger charge is 2.31. The van der Waals surface area contributed by atoms with E-state index in [9.17, 15) is 4.79 Å². The molecule has 0 saturated carbocycles. The Labute approximate surface area is 124 Å². The van der Waals surface area contributed by atoms with Gasteiger partial charge in [-0.15, -0.1) is 0 Å². The molecule has 0 radical (unpaired) electrons. The molecule has 6 heteroatoms. The van der Waals surface area contributed by atoms with Crippen molar-refractivity contribution in [2.75, 3.05) is 6.54 Å². The van der Waals surface area contributed by atoms with Crippen LogP contribution in [0.2, 0.25) is 0 Å². The standard InChI is InChI=1S/C14H20N4OS/c1-8(2)7-18-13(19)12(15-14(18)20)6-11-9(3)16-17(5)10(11)4/h6,8H,7H2,1-5H3,(H,15,20)/b12-6+. The lowest BCUT2D eigenvalue weighted by Crippen LogP contribution is -2.33. The molecule has 0 bridgehead atoms. The van der Waals surface area contributed by atoms with Gasteiger partial charge < -0.3 is 5.32 Å². The molecule has 1 aromatic heterocycles. The van der Waals surface area contributed by atoms with Crippen molar-refractivity contribution in [2.24, 2.45) is 13.0 Å². The highest BCUT2D eigenvalue weighted by molar-refractivity contribution is 7.80. The summed E-state index contributed by atoms with van der Waals surface area (Å²) in [6, 6.07) is 0. The average Bonchev–Trinajstić information content (AvgIpc) is 2.74. The molecular formula is C14H20N4OS. The fourth-order valence-corrected chi connectivity index (χ4v) is 2.51. The van der Waals surface area contributed by atoms with Gasteiger partial charge in [-0.1, -0.05) is 13.8 Å². The molecule has 5 nitrogen and oxygen atoms in total. The summed E-state index contributed by atoms with van der Waals surface area (Å²) in [5.74, 6) is 0.311. The minimum atomic E-state index is -0.0636. The van der Waals surface area contributed by atoms with Crippen LogP contribution in [0.15, 0.2) is 5.70 Å². The molecule has 0 aromatic carbocycles. The van der Waals surface area contributed by atoms with Crippen molar-refractivity contribution in [1.29, 1.82) is 0 Å². The lowest BCUT2D eigenvalue weighted by Gasteiger charge is -2.15. The zero-order valence-corrected chi connectivity index (χ0v) is 13.3. The predicted octanol–water partition coefficient (Wildman–Crippen LogP) is 1.75. The molecule has 1 aromatic rings. The van der Waals surface area contributed by atoms with Crippen molar-refractivity contribution >= 4 is 29.3 Å². The van der Waals surface area contributed by atoms with Crippen LogP contribution in [0.3, 0.4) is 0 Å². The van der Waals surface area contributed by atoms with Gasteiger partial charge >= 0.3 is 0 Å². The average molecular weight is 292 g/mol. The number of nitrogens with one attached hydrogen (secondary N) is 1. The summed E-state index contributed by atoms with van der Waals surface area (Å²) in [5.41, 5.74) is 3.42. The van der Waals surface area contributed by atoms with Crippen LogP contribution in [0.4, 0.5) is 0 Å². The Morgan fingerprint density at radius 1 is 1.40 bits per heavy atom. The summed E-state index contributed by atoms with van der Waals surface area (Å²) in [6.07, 6.45) is 1.84. The van der Waals surface area contributed by atoms with Gasteiger partial charge in [-0.3, -0.25) is 14.4 Å². The number of aryl methyl sites for hydroxylation is 2. The molecule has 2 heterocycles. The Hall–Kier alpha value is -1.69. The molecule has 108 valence electrons. The van der Waals surface area contributed by atoms with E-state index < -0.39 is 0 Å². The van der Waals surface area contributed by atoms with E-state index in [0.29, 0.717) is 23.3 Å². The monoisotopic (exact) mass is 292 g/mol. The molecule has 1 aliphatic heterocycles. The number of nitrogens with zero attached hydrogens (tertiary/aromatic N) is 3. The fraction of sp³-hybridized carbons (Fsp3) is 0.500. The van der Waals surface area contributed by atoms with Crippen LogP contribution >= 0.6 is 12.2 Å². The second-order valence-electron chi connectivity index (χ2n) is 5.51. The number of aromatic nitrogens is 2. The smallest absolute Gasteiger partial charge is 0.276 e. The highest BCUT2D eigenvalue weighted by Crippen LogP contribution is 2.19. The second-order valence-corrected chi connectivity index (χ2v) is 5.89. The highest BCUT2D eigenvalue weighted by atomic mass is 32.1. The number of rotatable bonds is 3. The van der Waals surface area contributed by atoms with E-state index in [2.05, 4.69) is 24.3 Å². The molecule has 1 fully saturated rings. The summed E-state index contributed by atoms with van der Waals surface area (Å²) >= 11 is 5.23. The van der Waals surface area contributed by atoms with Crippen molar-refractivity contribution in [1.82, 2.24) is 20.0 Å². The van der Waals surface area contributed by atoms with Gasteiger partial charge in [-0.25, -0.2) is 0 Å². The van der Waals surface area contributed by atoms with Gasteiger partial charge in [0.05, 0.1) is 5.69 Å². The van der Waals surface area contributed by atoms with E-state index in [-0.39, 0.29) is 5.91 Å². The van der Waals surface area contributed by atoms with Crippen LogP contribution in [0, 0.1) is 19.8 Å². The molecule has 0 spiro atoms. The third-order valence-corrected chi connectivity index (χ3v) is 3.69. The van der Waals surface area contributed by atoms with Gasteiger partial charge in [0.2, 0.25) is 0 Å². The van der Waals surface area contributed by atoms with Gasteiger partial charge in [-0.2, -0.15) is 5.10 Å². The Bertz CT molecular complexity index is 601. The zero-order valence-electron chi connectivity index (χ0n) is 12.5.